The van der Waals surface area contributed by atoms with Crippen molar-refractivity contribution in [3.63, 3.8) is 0 Å². The van der Waals surface area contributed by atoms with Gasteiger partial charge in [-0.05, 0) is 6.07 Å². The Kier molecular flexibility index (Phi) is 1.82. The number of hydrogen-bond donors (Lipinski definition) is 2. The van der Waals surface area contributed by atoms with Crippen molar-refractivity contribution in [1.82, 2.24) is 3.97 Å². The van der Waals surface area contributed by atoms with Crippen molar-refractivity contribution >= 4 is 22.2 Å². The van der Waals surface area contributed by atoms with Crippen molar-refractivity contribution in [2.45, 2.75) is 0 Å². The van der Waals surface area contributed by atoms with Crippen molar-refractivity contribution in [2.75, 3.05) is 0 Å². The first kappa shape index (κ1) is 8.28. The number of fused-ring (bicyclic) bond motifs is 1. The van der Waals surface area contributed by atoms with E-state index in [4.69, 9.17) is 4.55 Å². The molecule has 2 N–H and O–H groups in total. The molecule has 0 saturated carbocycles. The van der Waals surface area contributed by atoms with Gasteiger partial charge in [0.25, 0.3) is 11.3 Å². The average Bonchev–Trinajstić information content (AvgIpc) is 2.39. The van der Waals surface area contributed by atoms with Crippen LogP contribution in [-0.4, -0.2) is 17.8 Å². The molecule has 13 heavy (non-hydrogen) atoms. The molecule has 68 valence electrons. The van der Waals surface area contributed by atoms with Crippen LogP contribution in [0.15, 0.2) is 30.3 Å². The van der Waals surface area contributed by atoms with Gasteiger partial charge < -0.3 is 5.11 Å². The second-order valence-electron chi connectivity index (χ2n) is 2.59. The molecule has 5 heteroatoms. The number of rotatable bonds is 1. The molecule has 0 amide bonds. The monoisotopic (exact) mass is 197 g/mol. The minimum absolute atomic E-state index is 0.206. The van der Waals surface area contributed by atoms with E-state index in [1.54, 1.807) is 24.3 Å². The summed E-state index contributed by atoms with van der Waals surface area (Å²) in [6.07, 6.45) is 0. The third kappa shape index (κ3) is 1.22. The zero-order chi connectivity index (χ0) is 9.42. The quantitative estimate of drug-likeness (QED) is 0.678. The van der Waals surface area contributed by atoms with E-state index in [1.807, 2.05) is 0 Å². The van der Waals surface area contributed by atoms with Crippen LogP contribution in [0.1, 0.15) is 0 Å². The third-order valence-corrected chi connectivity index (χ3v) is 2.50. The highest BCUT2D eigenvalue weighted by Gasteiger charge is 2.10. The molecule has 4 nitrogen and oxygen atoms in total. The van der Waals surface area contributed by atoms with E-state index in [0.717, 1.165) is 9.36 Å². The van der Waals surface area contributed by atoms with Gasteiger partial charge in [0.1, 0.15) is 0 Å². The number of aromatic nitrogens is 1. The van der Waals surface area contributed by atoms with Crippen LogP contribution in [0.5, 0.6) is 5.88 Å². The van der Waals surface area contributed by atoms with E-state index in [2.05, 4.69) is 0 Å². The first-order chi connectivity index (χ1) is 6.20. The van der Waals surface area contributed by atoms with Crippen LogP contribution >= 0.6 is 0 Å². The molecule has 0 aliphatic rings. The SMILES string of the molecule is O=S(O)n1c(O)cc2ccccc21. The number of hydrogen-bond acceptors (Lipinski definition) is 2. The fourth-order valence-corrected chi connectivity index (χ4v) is 1.83. The molecule has 0 bridgehead atoms. The van der Waals surface area contributed by atoms with E-state index in [9.17, 15) is 9.32 Å². The number of para-hydroxylation sites is 1. The fraction of sp³-hybridized carbons (Fsp3) is 0. The minimum Gasteiger partial charge on any atom is -0.494 e. The fourth-order valence-electron chi connectivity index (χ4n) is 1.28. The lowest BCUT2D eigenvalue weighted by molar-refractivity contribution is 0.445. The summed E-state index contributed by atoms with van der Waals surface area (Å²) < 4.78 is 20.6. The smallest absolute Gasteiger partial charge is 0.269 e. The second kappa shape index (κ2) is 2.86. The molecular formula is C8H7NO3S. The predicted octanol–water partition coefficient (Wildman–Crippen LogP) is 1.33. The zero-order valence-corrected chi connectivity index (χ0v) is 7.36. The highest BCUT2D eigenvalue weighted by atomic mass is 32.2. The van der Waals surface area contributed by atoms with E-state index < -0.39 is 11.3 Å². The van der Waals surface area contributed by atoms with Gasteiger partial charge in [-0.2, -0.15) is 0 Å². The number of benzene rings is 1. The largest absolute Gasteiger partial charge is 0.494 e. The molecular weight excluding hydrogens is 190 g/mol. The number of nitrogens with zero attached hydrogens (tertiary/aromatic N) is 1. The maximum atomic E-state index is 10.8. The molecule has 1 atom stereocenters. The molecule has 0 fully saturated rings. The zero-order valence-electron chi connectivity index (χ0n) is 6.54. The topological polar surface area (TPSA) is 62.5 Å². The normalized spacial score (nSPS) is 13.3. The summed E-state index contributed by atoms with van der Waals surface area (Å²) in [4.78, 5) is 0. The van der Waals surface area contributed by atoms with Gasteiger partial charge in [-0.15, -0.1) is 0 Å². The summed E-state index contributed by atoms with van der Waals surface area (Å²) >= 11 is -2.22. The standard InChI is InChI=1S/C8H7NO3S/c10-8-5-6-3-1-2-4-7(6)9(8)13(11)12/h1-5,10H,(H,11,12). The Morgan fingerprint density at radius 1 is 1.31 bits per heavy atom. The van der Waals surface area contributed by atoms with Gasteiger partial charge >= 0.3 is 0 Å². The van der Waals surface area contributed by atoms with Gasteiger partial charge in [-0.3, -0.25) is 4.55 Å². The second-order valence-corrected chi connectivity index (χ2v) is 3.41. The van der Waals surface area contributed by atoms with Crippen molar-refractivity contribution in [1.29, 1.82) is 0 Å². The Bertz CT molecular complexity index is 477. The van der Waals surface area contributed by atoms with Crippen LogP contribution in [0, 0.1) is 0 Å². The van der Waals surface area contributed by atoms with Gasteiger partial charge in [0.15, 0.2) is 0 Å². The molecule has 1 aromatic heterocycles. The molecule has 1 aromatic carbocycles. The van der Waals surface area contributed by atoms with Crippen LogP contribution in [-0.2, 0) is 11.3 Å². The first-order valence-corrected chi connectivity index (χ1v) is 4.67. The van der Waals surface area contributed by atoms with Crippen molar-refractivity contribution in [2.24, 2.45) is 0 Å². The van der Waals surface area contributed by atoms with Crippen LogP contribution in [0.2, 0.25) is 0 Å². The summed E-state index contributed by atoms with van der Waals surface area (Å²) in [6.45, 7) is 0. The van der Waals surface area contributed by atoms with E-state index >= 15 is 0 Å². The maximum absolute atomic E-state index is 10.8. The van der Waals surface area contributed by atoms with Gasteiger partial charge in [-0.1, -0.05) is 18.2 Å². The predicted molar refractivity (Wildman–Crippen MR) is 49.8 cm³/mol. The van der Waals surface area contributed by atoms with Crippen LogP contribution in [0.3, 0.4) is 0 Å². The lowest BCUT2D eigenvalue weighted by Gasteiger charge is -1.98. The van der Waals surface area contributed by atoms with Crippen molar-refractivity contribution < 1.29 is 13.9 Å². The Morgan fingerprint density at radius 3 is 2.69 bits per heavy atom. The summed E-state index contributed by atoms with van der Waals surface area (Å²) in [7, 11) is 0. The molecule has 1 heterocycles. The maximum Gasteiger partial charge on any atom is 0.269 e. The van der Waals surface area contributed by atoms with Crippen LogP contribution < -0.4 is 0 Å². The van der Waals surface area contributed by atoms with E-state index in [-0.39, 0.29) is 5.88 Å². The van der Waals surface area contributed by atoms with Crippen LogP contribution in [0.25, 0.3) is 10.9 Å². The van der Waals surface area contributed by atoms with Gasteiger partial charge in [0.2, 0.25) is 5.88 Å². The third-order valence-electron chi connectivity index (χ3n) is 1.80. The summed E-state index contributed by atoms with van der Waals surface area (Å²) in [6, 6.07) is 8.42. The molecule has 1 unspecified atom stereocenters. The van der Waals surface area contributed by atoms with Gasteiger partial charge in [0.05, 0.1) is 5.52 Å². The lowest BCUT2D eigenvalue weighted by Crippen LogP contribution is -2.00. The first-order valence-electron chi connectivity index (χ1n) is 3.61. The lowest BCUT2D eigenvalue weighted by atomic mass is 10.3. The molecule has 0 spiro atoms. The van der Waals surface area contributed by atoms with Gasteiger partial charge in [-0.25, -0.2) is 8.18 Å². The molecule has 2 aromatic rings. The Labute approximate surface area is 76.8 Å². The van der Waals surface area contributed by atoms with Gasteiger partial charge in [0, 0.05) is 11.5 Å². The summed E-state index contributed by atoms with van der Waals surface area (Å²) in [5.74, 6) is -0.206. The Balaban J connectivity index is 2.86. The Morgan fingerprint density at radius 2 is 2.00 bits per heavy atom. The highest BCUT2D eigenvalue weighted by Crippen LogP contribution is 2.24. The number of aromatic hydroxyl groups is 1. The molecule has 2 rings (SSSR count). The van der Waals surface area contributed by atoms with Crippen LogP contribution in [0.4, 0.5) is 0 Å². The van der Waals surface area contributed by atoms with E-state index in [1.165, 1.54) is 6.07 Å². The molecule has 0 radical (unpaired) electrons. The molecule has 0 aliphatic carbocycles. The molecule has 0 aliphatic heterocycles. The van der Waals surface area contributed by atoms with Crippen molar-refractivity contribution in [3.05, 3.63) is 30.3 Å². The average molecular weight is 197 g/mol. The highest BCUT2D eigenvalue weighted by molar-refractivity contribution is 7.77. The van der Waals surface area contributed by atoms with E-state index in [0.29, 0.717) is 5.52 Å². The summed E-state index contributed by atoms with van der Waals surface area (Å²) in [5.41, 5.74) is 0.542. The Hall–Kier alpha value is -1.33. The van der Waals surface area contributed by atoms with Crippen molar-refractivity contribution in [3.8, 4) is 5.88 Å². The summed E-state index contributed by atoms with van der Waals surface area (Å²) in [5, 5.41) is 10.1. The minimum atomic E-state index is -2.22. The molecule has 0 saturated heterocycles.